The lowest BCUT2D eigenvalue weighted by Crippen LogP contribution is -1.92. The zero-order chi connectivity index (χ0) is 12.4. The van der Waals surface area contributed by atoms with E-state index >= 15 is 0 Å². The van der Waals surface area contributed by atoms with E-state index in [0.29, 0.717) is 10.8 Å². The van der Waals surface area contributed by atoms with Gasteiger partial charge < -0.3 is 10.3 Å². The van der Waals surface area contributed by atoms with Gasteiger partial charge in [0, 0.05) is 16.1 Å². The fraction of sp³-hybridized carbons (Fsp3) is 0.308. The summed E-state index contributed by atoms with van der Waals surface area (Å²) in [5, 5.41) is 4.52. The molecule has 1 aromatic heterocycles. The van der Waals surface area contributed by atoms with Crippen molar-refractivity contribution < 1.29 is 4.52 Å². The first-order valence-corrected chi connectivity index (χ1v) is 6.01. The molecule has 90 valence electrons. The summed E-state index contributed by atoms with van der Waals surface area (Å²) in [5.74, 6) is 1.20. The molecule has 3 nitrogen and oxygen atoms in total. The van der Waals surface area contributed by atoms with Crippen molar-refractivity contribution in [2.75, 3.05) is 5.73 Å². The maximum atomic E-state index is 6.04. The minimum Gasteiger partial charge on any atom is -0.381 e. The summed E-state index contributed by atoms with van der Waals surface area (Å²) in [6.45, 7) is 4.09. The van der Waals surface area contributed by atoms with Crippen molar-refractivity contribution in [3.05, 3.63) is 34.3 Å². The van der Waals surface area contributed by atoms with E-state index in [1.807, 2.05) is 25.1 Å². The van der Waals surface area contributed by atoms with Crippen LogP contribution < -0.4 is 5.73 Å². The SMILES string of the molecule is CCCc1c(N)noc1-c1cc(C)cc(Cl)c1. The normalized spacial score (nSPS) is 10.8. The Balaban J connectivity index is 2.52. The van der Waals surface area contributed by atoms with Crippen LogP contribution in [0, 0.1) is 6.92 Å². The Bertz CT molecular complexity index is 514. The summed E-state index contributed by atoms with van der Waals surface area (Å²) in [5.41, 5.74) is 8.79. The average Bonchev–Trinajstić information content (AvgIpc) is 2.60. The molecule has 0 saturated carbocycles. The van der Waals surface area contributed by atoms with Crippen molar-refractivity contribution in [3.63, 3.8) is 0 Å². The van der Waals surface area contributed by atoms with Gasteiger partial charge in [-0.15, -0.1) is 0 Å². The minimum atomic E-state index is 0.472. The van der Waals surface area contributed by atoms with Crippen LogP contribution in [-0.2, 0) is 6.42 Å². The lowest BCUT2D eigenvalue weighted by atomic mass is 10.0. The van der Waals surface area contributed by atoms with E-state index in [1.165, 1.54) is 0 Å². The molecule has 2 N–H and O–H groups in total. The molecule has 0 aliphatic carbocycles. The van der Waals surface area contributed by atoms with Crippen LogP contribution in [0.4, 0.5) is 5.82 Å². The Labute approximate surface area is 106 Å². The number of anilines is 1. The van der Waals surface area contributed by atoms with Gasteiger partial charge >= 0.3 is 0 Å². The first-order valence-electron chi connectivity index (χ1n) is 5.63. The van der Waals surface area contributed by atoms with Crippen LogP contribution in [0.15, 0.2) is 22.7 Å². The van der Waals surface area contributed by atoms with Gasteiger partial charge in [-0.1, -0.05) is 30.1 Å². The third-order valence-electron chi connectivity index (χ3n) is 2.62. The van der Waals surface area contributed by atoms with Crippen LogP contribution in [0.2, 0.25) is 5.02 Å². The van der Waals surface area contributed by atoms with E-state index in [0.717, 1.165) is 35.3 Å². The molecule has 1 aromatic carbocycles. The molecule has 2 aromatic rings. The number of hydrogen-bond acceptors (Lipinski definition) is 3. The molecule has 0 radical (unpaired) electrons. The molecule has 0 aliphatic rings. The molecular weight excluding hydrogens is 236 g/mol. The summed E-state index contributed by atoms with van der Waals surface area (Å²) in [6, 6.07) is 5.79. The molecule has 0 bridgehead atoms. The molecule has 0 aliphatic heterocycles. The second-order valence-electron chi connectivity index (χ2n) is 4.14. The highest BCUT2D eigenvalue weighted by molar-refractivity contribution is 6.30. The van der Waals surface area contributed by atoms with Gasteiger partial charge in [-0.25, -0.2) is 0 Å². The van der Waals surface area contributed by atoms with Crippen molar-refractivity contribution in [1.29, 1.82) is 0 Å². The predicted octanol–water partition coefficient (Wildman–Crippen LogP) is 3.84. The van der Waals surface area contributed by atoms with E-state index in [2.05, 4.69) is 12.1 Å². The Kier molecular flexibility index (Phi) is 3.38. The summed E-state index contributed by atoms with van der Waals surface area (Å²) in [4.78, 5) is 0. The molecule has 0 atom stereocenters. The number of halogens is 1. The van der Waals surface area contributed by atoms with E-state index in [9.17, 15) is 0 Å². The number of nitrogens with two attached hydrogens (primary N) is 1. The largest absolute Gasteiger partial charge is 0.381 e. The van der Waals surface area contributed by atoms with Crippen molar-refractivity contribution in [1.82, 2.24) is 5.16 Å². The Morgan fingerprint density at radius 2 is 2.12 bits per heavy atom. The molecule has 0 amide bonds. The molecule has 17 heavy (non-hydrogen) atoms. The van der Waals surface area contributed by atoms with E-state index in [4.69, 9.17) is 21.9 Å². The van der Waals surface area contributed by atoms with E-state index < -0.39 is 0 Å². The van der Waals surface area contributed by atoms with Gasteiger partial charge in [0.2, 0.25) is 0 Å². The highest BCUT2D eigenvalue weighted by atomic mass is 35.5. The summed E-state index contributed by atoms with van der Waals surface area (Å²) >= 11 is 6.04. The monoisotopic (exact) mass is 250 g/mol. The molecule has 0 spiro atoms. The summed E-state index contributed by atoms with van der Waals surface area (Å²) in [7, 11) is 0. The molecule has 0 fully saturated rings. The number of hydrogen-bond donors (Lipinski definition) is 1. The average molecular weight is 251 g/mol. The van der Waals surface area contributed by atoms with Crippen LogP contribution in [0.5, 0.6) is 0 Å². The van der Waals surface area contributed by atoms with Gasteiger partial charge in [0.1, 0.15) is 0 Å². The molecule has 4 heteroatoms. The summed E-state index contributed by atoms with van der Waals surface area (Å²) < 4.78 is 5.31. The van der Waals surface area contributed by atoms with E-state index in [-0.39, 0.29) is 0 Å². The van der Waals surface area contributed by atoms with Crippen molar-refractivity contribution in [2.24, 2.45) is 0 Å². The van der Waals surface area contributed by atoms with Gasteiger partial charge in [-0.3, -0.25) is 0 Å². The van der Waals surface area contributed by atoms with Crippen LogP contribution >= 0.6 is 11.6 Å². The van der Waals surface area contributed by atoms with Crippen molar-refractivity contribution >= 4 is 17.4 Å². The van der Waals surface area contributed by atoms with Crippen LogP contribution in [0.3, 0.4) is 0 Å². The zero-order valence-corrected chi connectivity index (χ0v) is 10.7. The van der Waals surface area contributed by atoms with Crippen LogP contribution in [0.25, 0.3) is 11.3 Å². The molecule has 0 unspecified atom stereocenters. The quantitative estimate of drug-likeness (QED) is 0.901. The third-order valence-corrected chi connectivity index (χ3v) is 2.84. The second kappa shape index (κ2) is 4.80. The number of rotatable bonds is 3. The summed E-state index contributed by atoms with van der Waals surface area (Å²) in [6.07, 6.45) is 1.86. The Morgan fingerprint density at radius 1 is 1.35 bits per heavy atom. The lowest BCUT2D eigenvalue weighted by Gasteiger charge is -2.03. The van der Waals surface area contributed by atoms with E-state index in [1.54, 1.807) is 0 Å². The first kappa shape index (κ1) is 12.0. The Morgan fingerprint density at radius 3 is 2.76 bits per heavy atom. The Hall–Kier alpha value is -1.48. The third kappa shape index (κ3) is 2.44. The maximum Gasteiger partial charge on any atom is 0.172 e. The van der Waals surface area contributed by atoms with Gasteiger partial charge in [0.25, 0.3) is 0 Å². The predicted molar refractivity (Wildman–Crippen MR) is 70.1 cm³/mol. The van der Waals surface area contributed by atoms with Crippen LogP contribution in [0.1, 0.15) is 24.5 Å². The van der Waals surface area contributed by atoms with Crippen molar-refractivity contribution in [2.45, 2.75) is 26.7 Å². The van der Waals surface area contributed by atoms with Crippen LogP contribution in [-0.4, -0.2) is 5.16 Å². The molecule has 2 rings (SSSR count). The van der Waals surface area contributed by atoms with Gasteiger partial charge in [-0.2, -0.15) is 0 Å². The first-order chi connectivity index (χ1) is 8.11. The number of nitrogens with zero attached hydrogens (tertiary/aromatic N) is 1. The molecular formula is C13H15ClN2O. The lowest BCUT2D eigenvalue weighted by molar-refractivity contribution is 0.435. The highest BCUT2D eigenvalue weighted by Gasteiger charge is 2.15. The fourth-order valence-corrected chi connectivity index (χ4v) is 2.20. The van der Waals surface area contributed by atoms with Gasteiger partial charge in [0.05, 0.1) is 0 Å². The van der Waals surface area contributed by atoms with Crippen molar-refractivity contribution in [3.8, 4) is 11.3 Å². The molecule has 1 heterocycles. The van der Waals surface area contributed by atoms with Gasteiger partial charge in [0.15, 0.2) is 11.6 Å². The number of nitrogen functional groups attached to an aromatic ring is 1. The number of aromatic nitrogens is 1. The number of benzene rings is 1. The highest BCUT2D eigenvalue weighted by Crippen LogP contribution is 2.31. The second-order valence-corrected chi connectivity index (χ2v) is 4.58. The zero-order valence-electron chi connectivity index (χ0n) is 9.96. The van der Waals surface area contributed by atoms with Gasteiger partial charge in [-0.05, 0) is 37.1 Å². The maximum absolute atomic E-state index is 6.04. The fourth-order valence-electron chi connectivity index (χ4n) is 1.91. The standard InChI is InChI=1S/C13H15ClN2O/c1-3-4-11-12(17-16-13(11)15)9-5-8(2)6-10(14)7-9/h5-7H,3-4H2,1-2H3,(H2,15,16). The number of aryl methyl sites for hydroxylation is 1. The topological polar surface area (TPSA) is 52.0 Å². The smallest absolute Gasteiger partial charge is 0.172 e. The molecule has 0 saturated heterocycles. The minimum absolute atomic E-state index is 0.472.